The third-order valence-corrected chi connectivity index (χ3v) is 5.15. The van der Waals surface area contributed by atoms with Crippen LogP contribution in [0.15, 0.2) is 42.7 Å². The van der Waals surface area contributed by atoms with E-state index in [-0.39, 0.29) is 6.04 Å². The average molecular weight is 351 g/mol. The molecular weight excluding hydrogens is 326 g/mol. The number of nitrogens with zero attached hydrogens (tertiary/aromatic N) is 4. The highest BCUT2D eigenvalue weighted by molar-refractivity contribution is 5.78. The van der Waals surface area contributed by atoms with Crippen LogP contribution in [0, 0.1) is 0 Å². The summed E-state index contributed by atoms with van der Waals surface area (Å²) in [5, 5.41) is 4.33. The third kappa shape index (κ3) is 3.11. The Hall–Kier alpha value is -2.64. The van der Waals surface area contributed by atoms with Gasteiger partial charge in [0.15, 0.2) is 5.65 Å². The zero-order valence-electron chi connectivity index (χ0n) is 14.8. The Balaban J connectivity index is 1.85. The fourth-order valence-corrected chi connectivity index (χ4v) is 3.84. The van der Waals surface area contributed by atoms with Crippen molar-refractivity contribution in [3.8, 4) is 0 Å². The first-order valence-corrected chi connectivity index (χ1v) is 9.09. The molecule has 4 rings (SSSR count). The van der Waals surface area contributed by atoms with Crippen LogP contribution < -0.4 is 22.1 Å². The Morgan fingerprint density at radius 3 is 2.73 bits per heavy atom. The first kappa shape index (κ1) is 16.8. The van der Waals surface area contributed by atoms with Crippen molar-refractivity contribution in [2.75, 3.05) is 10.6 Å². The van der Waals surface area contributed by atoms with Crippen molar-refractivity contribution in [1.82, 2.24) is 14.6 Å². The largest absolute Gasteiger partial charge is 0.382 e. The van der Waals surface area contributed by atoms with E-state index in [9.17, 15) is 0 Å². The number of imidazole rings is 1. The minimum Gasteiger partial charge on any atom is -0.382 e. The molecule has 7 nitrogen and oxygen atoms in total. The number of hydrogen-bond acceptors (Lipinski definition) is 6. The molecule has 0 radical (unpaired) electrons. The van der Waals surface area contributed by atoms with Gasteiger partial charge < -0.3 is 22.1 Å². The van der Waals surface area contributed by atoms with E-state index in [0.29, 0.717) is 18.4 Å². The lowest BCUT2D eigenvalue weighted by atomic mass is 9.90. The molecule has 6 N–H and O–H groups in total. The molecule has 0 bridgehead atoms. The van der Waals surface area contributed by atoms with Gasteiger partial charge in [0.1, 0.15) is 5.82 Å². The summed E-state index contributed by atoms with van der Waals surface area (Å²) in [6.45, 7) is 0.508. The molecule has 0 unspecified atom stereocenters. The summed E-state index contributed by atoms with van der Waals surface area (Å²) in [5.41, 5.74) is 22.1. The van der Waals surface area contributed by atoms with Crippen molar-refractivity contribution < 1.29 is 0 Å². The maximum Gasteiger partial charge on any atom is 0.177 e. The molecule has 1 saturated carbocycles. The number of aromatic nitrogens is 3. The Bertz CT molecular complexity index is 896. The second-order valence-electron chi connectivity index (χ2n) is 6.96. The maximum atomic E-state index is 6.14. The van der Waals surface area contributed by atoms with Crippen molar-refractivity contribution in [2.24, 2.45) is 11.5 Å². The van der Waals surface area contributed by atoms with E-state index in [1.54, 1.807) is 10.7 Å². The predicted octanol–water partition coefficient (Wildman–Crippen LogP) is 2.18. The van der Waals surface area contributed by atoms with Gasteiger partial charge in [-0.15, -0.1) is 5.10 Å². The van der Waals surface area contributed by atoms with Crippen molar-refractivity contribution in [2.45, 2.75) is 44.3 Å². The van der Waals surface area contributed by atoms with Crippen LogP contribution >= 0.6 is 0 Å². The highest BCUT2D eigenvalue weighted by atomic mass is 15.3. The van der Waals surface area contributed by atoms with Gasteiger partial charge >= 0.3 is 0 Å². The van der Waals surface area contributed by atoms with Crippen molar-refractivity contribution >= 4 is 22.8 Å². The van der Waals surface area contributed by atoms with Gasteiger partial charge in [0.05, 0.1) is 5.69 Å². The summed E-state index contributed by atoms with van der Waals surface area (Å²) in [6, 6.07) is 10.9. The van der Waals surface area contributed by atoms with Gasteiger partial charge in [0.2, 0.25) is 0 Å². The fourth-order valence-electron chi connectivity index (χ4n) is 3.84. The smallest absolute Gasteiger partial charge is 0.177 e. The van der Waals surface area contributed by atoms with Crippen LogP contribution in [0.2, 0.25) is 0 Å². The van der Waals surface area contributed by atoms with E-state index in [1.165, 1.54) is 0 Å². The van der Waals surface area contributed by atoms with Crippen LogP contribution in [0.3, 0.4) is 0 Å². The molecule has 0 amide bonds. The van der Waals surface area contributed by atoms with Crippen LogP contribution in [-0.4, -0.2) is 26.7 Å². The molecule has 26 heavy (non-hydrogen) atoms. The van der Waals surface area contributed by atoms with Crippen molar-refractivity contribution in [1.29, 1.82) is 0 Å². The van der Waals surface area contributed by atoms with Crippen LogP contribution in [0.25, 0.3) is 5.65 Å². The lowest BCUT2D eigenvalue weighted by molar-refractivity contribution is 0.391. The van der Waals surface area contributed by atoms with E-state index in [2.05, 4.69) is 27.1 Å². The lowest BCUT2D eigenvalue weighted by Gasteiger charge is -2.38. The van der Waals surface area contributed by atoms with Crippen LogP contribution in [0.5, 0.6) is 0 Å². The predicted molar refractivity (Wildman–Crippen MR) is 104 cm³/mol. The van der Waals surface area contributed by atoms with Gasteiger partial charge in [-0.3, -0.25) is 0 Å². The molecule has 1 aliphatic rings. The van der Waals surface area contributed by atoms with Crippen LogP contribution in [0.4, 0.5) is 17.2 Å². The molecule has 0 saturated heterocycles. The van der Waals surface area contributed by atoms with E-state index >= 15 is 0 Å². The number of hydrogen-bond donors (Lipinski definition) is 3. The number of nitrogens with two attached hydrogens (primary N) is 3. The van der Waals surface area contributed by atoms with E-state index in [0.717, 1.165) is 48.3 Å². The SMILES string of the molecule is NCc1cccc(N(c2cc(N)nn3ccnc23)[C@H]2CC[C@H](N)CC2)c1. The van der Waals surface area contributed by atoms with Crippen molar-refractivity contribution in [3.63, 3.8) is 0 Å². The fraction of sp³-hybridized carbons (Fsp3) is 0.368. The highest BCUT2D eigenvalue weighted by Gasteiger charge is 2.28. The molecule has 0 atom stereocenters. The number of nitrogen functional groups attached to an aromatic ring is 1. The Kier molecular flexibility index (Phi) is 4.48. The van der Waals surface area contributed by atoms with Gasteiger partial charge in [0.25, 0.3) is 0 Å². The quantitative estimate of drug-likeness (QED) is 0.664. The summed E-state index contributed by atoms with van der Waals surface area (Å²) in [7, 11) is 0. The zero-order chi connectivity index (χ0) is 18.1. The van der Waals surface area contributed by atoms with Crippen LogP contribution in [-0.2, 0) is 6.54 Å². The summed E-state index contributed by atoms with van der Waals surface area (Å²) < 4.78 is 1.74. The standard InChI is InChI=1S/C19H25N7/c20-12-13-2-1-3-16(10-13)26(15-6-4-14(21)5-7-15)17-11-18(22)24-25-9-8-23-19(17)25/h1-3,8-11,14-15H,4-7,12,20-21H2,(H2,22,24)/t14-,15-. The monoisotopic (exact) mass is 351 g/mol. The summed E-state index contributed by atoms with van der Waals surface area (Å²) in [5.74, 6) is 0.470. The molecule has 0 aliphatic heterocycles. The van der Waals surface area contributed by atoms with Crippen molar-refractivity contribution in [3.05, 3.63) is 48.3 Å². The van der Waals surface area contributed by atoms with Crippen LogP contribution in [0.1, 0.15) is 31.2 Å². The number of benzene rings is 1. The zero-order valence-corrected chi connectivity index (χ0v) is 14.8. The molecule has 1 fully saturated rings. The molecule has 2 aromatic heterocycles. The van der Waals surface area contributed by atoms with Gasteiger partial charge in [-0.1, -0.05) is 12.1 Å². The van der Waals surface area contributed by atoms with E-state index in [4.69, 9.17) is 17.2 Å². The van der Waals surface area contributed by atoms with E-state index in [1.807, 2.05) is 24.4 Å². The highest BCUT2D eigenvalue weighted by Crippen LogP contribution is 2.36. The first-order chi connectivity index (χ1) is 12.7. The summed E-state index contributed by atoms with van der Waals surface area (Å²) in [4.78, 5) is 6.85. The molecule has 1 aromatic carbocycles. The van der Waals surface area contributed by atoms with Gasteiger partial charge in [0, 0.05) is 42.8 Å². The molecule has 136 valence electrons. The molecule has 2 heterocycles. The third-order valence-electron chi connectivity index (χ3n) is 5.15. The minimum absolute atomic E-state index is 0.289. The summed E-state index contributed by atoms with van der Waals surface area (Å²) >= 11 is 0. The molecular formula is C19H25N7. The normalized spacial score (nSPS) is 20.4. The van der Waals surface area contributed by atoms with E-state index < -0.39 is 0 Å². The molecule has 0 spiro atoms. The Labute approximate surface area is 152 Å². The Morgan fingerprint density at radius 1 is 1.15 bits per heavy atom. The first-order valence-electron chi connectivity index (χ1n) is 9.09. The number of fused-ring (bicyclic) bond motifs is 1. The molecule has 3 aromatic rings. The average Bonchev–Trinajstić information content (AvgIpc) is 3.12. The lowest BCUT2D eigenvalue weighted by Crippen LogP contribution is -2.38. The maximum absolute atomic E-state index is 6.14. The number of anilines is 3. The second kappa shape index (κ2) is 6.93. The van der Waals surface area contributed by atoms with Gasteiger partial charge in [-0.2, -0.15) is 0 Å². The van der Waals surface area contributed by atoms with Gasteiger partial charge in [-0.05, 0) is 43.4 Å². The minimum atomic E-state index is 0.289. The molecule has 7 heteroatoms. The molecule has 1 aliphatic carbocycles. The van der Waals surface area contributed by atoms with Gasteiger partial charge in [-0.25, -0.2) is 9.50 Å². The number of rotatable bonds is 4. The Morgan fingerprint density at radius 2 is 1.96 bits per heavy atom. The summed E-state index contributed by atoms with van der Waals surface area (Å²) in [6.07, 6.45) is 7.66. The topological polar surface area (TPSA) is 111 Å². The second-order valence-corrected chi connectivity index (χ2v) is 6.96.